The summed E-state index contributed by atoms with van der Waals surface area (Å²) in [6.07, 6.45) is 2.25. The molecule has 0 aliphatic carbocycles. The molecule has 0 saturated carbocycles. The van der Waals surface area contributed by atoms with Crippen molar-refractivity contribution in [2.75, 3.05) is 0 Å². The van der Waals surface area contributed by atoms with Gasteiger partial charge in [0.2, 0.25) is 0 Å². The highest BCUT2D eigenvalue weighted by molar-refractivity contribution is 5.22. The number of aliphatic hydroxyl groups excluding tert-OH is 1. The van der Waals surface area contributed by atoms with Gasteiger partial charge in [0.15, 0.2) is 0 Å². The largest absolute Gasteiger partial charge is 0.386 e. The van der Waals surface area contributed by atoms with E-state index in [0.717, 1.165) is 42.8 Å². The summed E-state index contributed by atoms with van der Waals surface area (Å²) in [5.41, 5.74) is 1.86. The fourth-order valence-corrected chi connectivity index (χ4v) is 2.63. The molecule has 1 aliphatic rings. The fraction of sp³-hybridized carbons (Fsp3) is 0.467. The molecule has 3 rings (SSSR count). The van der Waals surface area contributed by atoms with Gasteiger partial charge in [0.1, 0.15) is 5.82 Å². The van der Waals surface area contributed by atoms with E-state index in [4.69, 9.17) is 0 Å². The summed E-state index contributed by atoms with van der Waals surface area (Å²) in [7, 11) is 0. The second-order valence-corrected chi connectivity index (χ2v) is 5.42. The topological polar surface area (TPSA) is 60.0 Å². The second kappa shape index (κ2) is 5.25. The van der Waals surface area contributed by atoms with Crippen molar-refractivity contribution >= 4 is 0 Å². The third-order valence-corrected chi connectivity index (χ3v) is 3.84. The van der Waals surface area contributed by atoms with Crippen molar-refractivity contribution in [3.8, 4) is 0 Å². The van der Waals surface area contributed by atoms with Gasteiger partial charge in [0, 0.05) is 13.0 Å². The Hall–Kier alpha value is -1.88. The SMILES string of the molecule is Cc1ccc(C(O)Cn2nc3n(c2=O)CCCC3)cc1. The van der Waals surface area contributed by atoms with Gasteiger partial charge in [-0.25, -0.2) is 9.48 Å². The Morgan fingerprint density at radius 2 is 2.05 bits per heavy atom. The predicted molar refractivity (Wildman–Crippen MR) is 75.6 cm³/mol. The number of aryl methyl sites for hydroxylation is 2. The molecule has 1 aliphatic heterocycles. The molecule has 0 spiro atoms. The molecule has 0 saturated heterocycles. The number of hydrogen-bond donors (Lipinski definition) is 1. The van der Waals surface area contributed by atoms with E-state index in [1.165, 1.54) is 4.68 Å². The number of fused-ring (bicyclic) bond motifs is 1. The van der Waals surface area contributed by atoms with Crippen molar-refractivity contribution in [3.63, 3.8) is 0 Å². The zero-order valence-electron chi connectivity index (χ0n) is 11.6. The normalized spacial score (nSPS) is 15.9. The lowest BCUT2D eigenvalue weighted by Gasteiger charge is -2.10. The van der Waals surface area contributed by atoms with E-state index in [1.54, 1.807) is 4.57 Å². The van der Waals surface area contributed by atoms with E-state index in [-0.39, 0.29) is 12.2 Å². The molecule has 5 nitrogen and oxygen atoms in total. The van der Waals surface area contributed by atoms with Crippen LogP contribution in [0, 0.1) is 6.92 Å². The summed E-state index contributed by atoms with van der Waals surface area (Å²) in [6.45, 7) is 2.96. The number of hydrogen-bond acceptors (Lipinski definition) is 3. The molecule has 0 bridgehead atoms. The maximum Gasteiger partial charge on any atom is 0.346 e. The van der Waals surface area contributed by atoms with E-state index in [1.807, 2.05) is 31.2 Å². The minimum atomic E-state index is -0.703. The lowest BCUT2D eigenvalue weighted by atomic mass is 10.1. The molecule has 1 N–H and O–H groups in total. The Kier molecular flexibility index (Phi) is 3.44. The summed E-state index contributed by atoms with van der Waals surface area (Å²) in [5, 5.41) is 14.6. The van der Waals surface area contributed by atoms with Gasteiger partial charge < -0.3 is 5.11 Å². The highest BCUT2D eigenvalue weighted by Crippen LogP contribution is 2.16. The Balaban J connectivity index is 1.82. The average Bonchev–Trinajstić information content (AvgIpc) is 2.77. The molecule has 106 valence electrons. The first-order valence-electron chi connectivity index (χ1n) is 7.06. The molecule has 0 radical (unpaired) electrons. The Bertz CT molecular complexity index is 655. The Morgan fingerprint density at radius 3 is 2.75 bits per heavy atom. The highest BCUT2D eigenvalue weighted by Gasteiger charge is 2.18. The van der Waals surface area contributed by atoms with Crippen LogP contribution in [-0.2, 0) is 19.5 Å². The lowest BCUT2D eigenvalue weighted by molar-refractivity contribution is 0.149. The monoisotopic (exact) mass is 273 g/mol. The van der Waals surface area contributed by atoms with Crippen LogP contribution in [0.1, 0.15) is 35.9 Å². The quantitative estimate of drug-likeness (QED) is 0.920. The molecular formula is C15H19N3O2. The van der Waals surface area contributed by atoms with Gasteiger partial charge in [-0.2, -0.15) is 5.10 Å². The van der Waals surface area contributed by atoms with E-state index >= 15 is 0 Å². The standard InChI is InChI=1S/C15H19N3O2/c1-11-5-7-12(8-6-11)13(19)10-18-15(20)17-9-3-2-4-14(17)16-18/h5-8,13,19H,2-4,9-10H2,1H3. The van der Waals surface area contributed by atoms with Crippen molar-refractivity contribution in [1.82, 2.24) is 14.3 Å². The van der Waals surface area contributed by atoms with Crippen molar-refractivity contribution in [2.24, 2.45) is 0 Å². The highest BCUT2D eigenvalue weighted by atomic mass is 16.3. The van der Waals surface area contributed by atoms with E-state index in [0.29, 0.717) is 0 Å². The van der Waals surface area contributed by atoms with Crippen molar-refractivity contribution in [3.05, 3.63) is 51.7 Å². The molecule has 5 heteroatoms. The predicted octanol–water partition coefficient (Wildman–Crippen LogP) is 1.42. The minimum Gasteiger partial charge on any atom is -0.386 e. The molecule has 2 heterocycles. The van der Waals surface area contributed by atoms with Crippen LogP contribution in [0.5, 0.6) is 0 Å². The smallest absolute Gasteiger partial charge is 0.346 e. The van der Waals surface area contributed by atoms with Gasteiger partial charge in [0.05, 0.1) is 12.6 Å². The van der Waals surface area contributed by atoms with Crippen LogP contribution in [0.25, 0.3) is 0 Å². The molecular weight excluding hydrogens is 254 g/mol. The molecule has 2 aromatic rings. The summed E-state index contributed by atoms with van der Waals surface area (Å²) in [6, 6.07) is 7.70. The van der Waals surface area contributed by atoms with E-state index in [2.05, 4.69) is 5.10 Å². The third-order valence-electron chi connectivity index (χ3n) is 3.84. The number of nitrogens with zero attached hydrogens (tertiary/aromatic N) is 3. The molecule has 0 fully saturated rings. The van der Waals surface area contributed by atoms with Crippen molar-refractivity contribution < 1.29 is 5.11 Å². The molecule has 1 aromatic carbocycles. The first-order chi connectivity index (χ1) is 9.65. The van der Waals surface area contributed by atoms with E-state index in [9.17, 15) is 9.90 Å². The Labute approximate surface area is 117 Å². The van der Waals surface area contributed by atoms with Gasteiger partial charge in [-0.3, -0.25) is 4.57 Å². The molecule has 1 aromatic heterocycles. The van der Waals surface area contributed by atoms with Crippen LogP contribution in [0.4, 0.5) is 0 Å². The fourth-order valence-electron chi connectivity index (χ4n) is 2.63. The first-order valence-corrected chi connectivity index (χ1v) is 7.06. The first kappa shape index (κ1) is 13.1. The van der Waals surface area contributed by atoms with Crippen LogP contribution in [0.15, 0.2) is 29.1 Å². The molecule has 1 atom stereocenters. The summed E-state index contributed by atoms with van der Waals surface area (Å²) < 4.78 is 3.12. The maximum atomic E-state index is 12.2. The lowest BCUT2D eigenvalue weighted by Crippen LogP contribution is -2.28. The summed E-state index contributed by atoms with van der Waals surface area (Å²) in [5.74, 6) is 0.845. The van der Waals surface area contributed by atoms with Crippen LogP contribution >= 0.6 is 0 Å². The van der Waals surface area contributed by atoms with Gasteiger partial charge in [-0.05, 0) is 25.3 Å². The van der Waals surface area contributed by atoms with Crippen LogP contribution in [0.2, 0.25) is 0 Å². The number of aromatic nitrogens is 3. The van der Waals surface area contributed by atoms with Gasteiger partial charge >= 0.3 is 5.69 Å². The molecule has 1 unspecified atom stereocenters. The molecule has 20 heavy (non-hydrogen) atoms. The Morgan fingerprint density at radius 1 is 1.30 bits per heavy atom. The maximum absolute atomic E-state index is 12.2. The van der Waals surface area contributed by atoms with Crippen LogP contribution in [-0.4, -0.2) is 19.5 Å². The molecule has 0 amide bonds. The van der Waals surface area contributed by atoms with Crippen LogP contribution in [0.3, 0.4) is 0 Å². The summed E-state index contributed by atoms with van der Waals surface area (Å²) in [4.78, 5) is 12.2. The van der Waals surface area contributed by atoms with Crippen LogP contribution < -0.4 is 5.69 Å². The third kappa shape index (κ3) is 2.41. The number of rotatable bonds is 3. The minimum absolute atomic E-state index is 0.106. The zero-order valence-corrected chi connectivity index (χ0v) is 11.6. The van der Waals surface area contributed by atoms with Gasteiger partial charge in [-0.15, -0.1) is 0 Å². The van der Waals surface area contributed by atoms with Crippen molar-refractivity contribution in [2.45, 2.75) is 45.4 Å². The van der Waals surface area contributed by atoms with E-state index < -0.39 is 6.10 Å². The van der Waals surface area contributed by atoms with Gasteiger partial charge in [-0.1, -0.05) is 29.8 Å². The summed E-state index contributed by atoms with van der Waals surface area (Å²) >= 11 is 0. The van der Waals surface area contributed by atoms with Gasteiger partial charge in [0.25, 0.3) is 0 Å². The average molecular weight is 273 g/mol. The number of aliphatic hydroxyl groups is 1. The van der Waals surface area contributed by atoms with Crippen molar-refractivity contribution in [1.29, 1.82) is 0 Å². The second-order valence-electron chi connectivity index (χ2n) is 5.42. The number of benzene rings is 1. The zero-order chi connectivity index (χ0) is 14.1.